The zero-order chi connectivity index (χ0) is 18.2. The highest BCUT2D eigenvalue weighted by atomic mass is 16.5. The summed E-state index contributed by atoms with van der Waals surface area (Å²) in [6.45, 7) is 6.53. The van der Waals surface area contributed by atoms with Crippen LogP contribution in [0.4, 0.5) is 0 Å². The lowest BCUT2D eigenvalue weighted by Crippen LogP contribution is -2.47. The van der Waals surface area contributed by atoms with Gasteiger partial charge in [-0.3, -0.25) is 9.59 Å². The van der Waals surface area contributed by atoms with Crippen molar-refractivity contribution in [1.29, 1.82) is 0 Å². The molecule has 1 aromatic carbocycles. The third kappa shape index (κ3) is 6.16. The van der Waals surface area contributed by atoms with E-state index in [9.17, 15) is 9.59 Å². The van der Waals surface area contributed by atoms with Gasteiger partial charge in [-0.15, -0.1) is 0 Å². The van der Waals surface area contributed by atoms with Crippen LogP contribution >= 0.6 is 0 Å². The maximum absolute atomic E-state index is 12.3. The standard InChI is InChI=1S/C20H30N2O3/c1-15(2)21-20(24)19-13-18(14-22(19)16(3)23)25-12-8-7-11-17-9-5-4-6-10-17/h4-6,9-10,15,18-19H,7-8,11-14H2,1-3H3,(H,21,24). The van der Waals surface area contributed by atoms with E-state index in [0.29, 0.717) is 19.6 Å². The number of aryl methyl sites for hydroxylation is 1. The molecule has 1 fully saturated rings. The Hall–Kier alpha value is -1.88. The molecule has 0 aliphatic carbocycles. The van der Waals surface area contributed by atoms with Gasteiger partial charge in [-0.05, 0) is 38.7 Å². The van der Waals surface area contributed by atoms with Gasteiger partial charge in [0.25, 0.3) is 0 Å². The molecule has 1 aliphatic rings. The van der Waals surface area contributed by atoms with Gasteiger partial charge >= 0.3 is 0 Å². The highest BCUT2D eigenvalue weighted by Gasteiger charge is 2.38. The molecular weight excluding hydrogens is 316 g/mol. The molecule has 0 bridgehead atoms. The first-order valence-corrected chi connectivity index (χ1v) is 9.20. The van der Waals surface area contributed by atoms with Gasteiger partial charge in [0.05, 0.1) is 6.10 Å². The molecule has 1 heterocycles. The lowest BCUT2D eigenvalue weighted by Gasteiger charge is -2.23. The summed E-state index contributed by atoms with van der Waals surface area (Å²) < 4.78 is 5.93. The van der Waals surface area contributed by atoms with Crippen LogP contribution in [0.3, 0.4) is 0 Å². The second-order valence-electron chi connectivity index (χ2n) is 7.02. The Morgan fingerprint density at radius 1 is 1.24 bits per heavy atom. The number of carbonyl (C=O) groups is 2. The van der Waals surface area contributed by atoms with Gasteiger partial charge in [0.1, 0.15) is 6.04 Å². The predicted molar refractivity (Wildman–Crippen MR) is 98.2 cm³/mol. The third-order valence-corrected chi connectivity index (χ3v) is 4.46. The van der Waals surface area contributed by atoms with Crippen LogP contribution in [-0.2, 0) is 20.7 Å². The average Bonchev–Trinajstić information content (AvgIpc) is 2.99. The summed E-state index contributed by atoms with van der Waals surface area (Å²) >= 11 is 0. The molecule has 2 rings (SSSR count). The van der Waals surface area contributed by atoms with Crippen molar-refractivity contribution < 1.29 is 14.3 Å². The summed E-state index contributed by atoms with van der Waals surface area (Å²) in [7, 11) is 0. The summed E-state index contributed by atoms with van der Waals surface area (Å²) in [6.07, 6.45) is 3.63. The molecule has 25 heavy (non-hydrogen) atoms. The van der Waals surface area contributed by atoms with Crippen LogP contribution in [0, 0.1) is 0 Å². The summed E-state index contributed by atoms with van der Waals surface area (Å²) in [6, 6.07) is 10.1. The Balaban J connectivity index is 1.73. The van der Waals surface area contributed by atoms with Crippen molar-refractivity contribution in [2.45, 2.75) is 64.6 Å². The number of amides is 2. The number of hydrogen-bond donors (Lipinski definition) is 1. The number of carbonyl (C=O) groups excluding carboxylic acids is 2. The SMILES string of the molecule is CC(=O)N1CC(OCCCCc2ccccc2)CC1C(=O)NC(C)C. The first-order valence-electron chi connectivity index (χ1n) is 9.20. The molecule has 138 valence electrons. The smallest absolute Gasteiger partial charge is 0.243 e. The van der Waals surface area contributed by atoms with E-state index < -0.39 is 6.04 Å². The van der Waals surface area contributed by atoms with Gasteiger partial charge in [-0.25, -0.2) is 0 Å². The molecular formula is C20H30N2O3. The van der Waals surface area contributed by atoms with Gasteiger partial charge in [-0.2, -0.15) is 0 Å². The van der Waals surface area contributed by atoms with Crippen LogP contribution < -0.4 is 5.32 Å². The Morgan fingerprint density at radius 2 is 1.96 bits per heavy atom. The second-order valence-corrected chi connectivity index (χ2v) is 7.02. The minimum absolute atomic E-state index is 0.0523. The van der Waals surface area contributed by atoms with E-state index in [4.69, 9.17) is 4.74 Å². The fourth-order valence-corrected chi connectivity index (χ4v) is 3.22. The van der Waals surface area contributed by atoms with Crippen LogP contribution in [0.1, 0.15) is 45.6 Å². The van der Waals surface area contributed by atoms with Gasteiger partial charge in [0.15, 0.2) is 0 Å². The molecule has 0 radical (unpaired) electrons. The van der Waals surface area contributed by atoms with E-state index in [1.807, 2.05) is 19.9 Å². The fourth-order valence-electron chi connectivity index (χ4n) is 3.22. The number of benzene rings is 1. The van der Waals surface area contributed by atoms with Gasteiger partial charge in [-0.1, -0.05) is 30.3 Å². The van der Waals surface area contributed by atoms with Crippen LogP contribution in [0.5, 0.6) is 0 Å². The first-order chi connectivity index (χ1) is 12.0. The minimum atomic E-state index is -0.408. The molecule has 1 N–H and O–H groups in total. The highest BCUT2D eigenvalue weighted by Crippen LogP contribution is 2.21. The van der Waals surface area contributed by atoms with Crippen LogP contribution in [0.2, 0.25) is 0 Å². The van der Waals surface area contributed by atoms with Crippen molar-refractivity contribution in [2.24, 2.45) is 0 Å². The average molecular weight is 346 g/mol. The molecule has 0 aromatic heterocycles. The second kappa shape index (κ2) is 9.56. The van der Waals surface area contributed by atoms with Gasteiger partial charge < -0.3 is 15.0 Å². The van der Waals surface area contributed by atoms with E-state index in [2.05, 4.69) is 29.6 Å². The number of nitrogens with one attached hydrogen (secondary N) is 1. The summed E-state index contributed by atoms with van der Waals surface area (Å²) in [5.41, 5.74) is 1.34. The lowest BCUT2D eigenvalue weighted by atomic mass is 10.1. The Morgan fingerprint density at radius 3 is 2.60 bits per heavy atom. The summed E-state index contributed by atoms with van der Waals surface area (Å²) in [5, 5.41) is 2.90. The van der Waals surface area contributed by atoms with Crippen LogP contribution in [0.25, 0.3) is 0 Å². The maximum Gasteiger partial charge on any atom is 0.243 e. The molecule has 1 aromatic rings. The molecule has 5 heteroatoms. The van der Waals surface area contributed by atoms with Crippen molar-refractivity contribution in [3.63, 3.8) is 0 Å². The molecule has 1 aliphatic heterocycles. The fraction of sp³-hybridized carbons (Fsp3) is 0.600. The topological polar surface area (TPSA) is 58.6 Å². The number of unbranched alkanes of at least 4 members (excludes halogenated alkanes) is 1. The highest BCUT2D eigenvalue weighted by molar-refractivity contribution is 5.87. The van der Waals surface area contributed by atoms with E-state index in [1.165, 1.54) is 12.5 Å². The molecule has 2 unspecified atom stereocenters. The van der Waals surface area contributed by atoms with E-state index in [0.717, 1.165) is 19.3 Å². The maximum atomic E-state index is 12.3. The Kier molecular flexibility index (Phi) is 7.44. The molecule has 2 amide bonds. The molecule has 5 nitrogen and oxygen atoms in total. The largest absolute Gasteiger partial charge is 0.376 e. The summed E-state index contributed by atoms with van der Waals surface area (Å²) in [4.78, 5) is 25.7. The van der Waals surface area contributed by atoms with E-state index in [1.54, 1.807) is 4.90 Å². The van der Waals surface area contributed by atoms with Crippen molar-refractivity contribution in [1.82, 2.24) is 10.2 Å². The predicted octanol–water partition coefficient (Wildman–Crippen LogP) is 2.54. The minimum Gasteiger partial charge on any atom is -0.376 e. The lowest BCUT2D eigenvalue weighted by molar-refractivity contribution is -0.137. The Labute approximate surface area is 150 Å². The van der Waals surface area contributed by atoms with Crippen molar-refractivity contribution >= 4 is 11.8 Å². The molecule has 0 saturated carbocycles. The van der Waals surface area contributed by atoms with E-state index in [-0.39, 0.29) is 24.0 Å². The third-order valence-electron chi connectivity index (χ3n) is 4.46. The number of ether oxygens (including phenoxy) is 1. The molecule has 2 atom stereocenters. The van der Waals surface area contributed by atoms with Crippen molar-refractivity contribution in [3.05, 3.63) is 35.9 Å². The van der Waals surface area contributed by atoms with Crippen LogP contribution in [0.15, 0.2) is 30.3 Å². The number of nitrogens with zero attached hydrogens (tertiary/aromatic N) is 1. The quantitative estimate of drug-likeness (QED) is 0.736. The Bertz CT molecular complexity index is 559. The van der Waals surface area contributed by atoms with E-state index >= 15 is 0 Å². The van der Waals surface area contributed by atoms with Gasteiger partial charge in [0, 0.05) is 32.5 Å². The van der Waals surface area contributed by atoms with Crippen molar-refractivity contribution in [3.8, 4) is 0 Å². The first kappa shape index (κ1) is 19.4. The molecule has 0 spiro atoms. The normalized spacial score (nSPS) is 20.1. The number of likely N-dealkylation sites (tertiary alicyclic amines) is 1. The zero-order valence-corrected chi connectivity index (χ0v) is 15.5. The summed E-state index contributed by atoms with van der Waals surface area (Å²) in [5.74, 6) is -0.153. The number of hydrogen-bond acceptors (Lipinski definition) is 3. The van der Waals surface area contributed by atoms with Crippen LogP contribution in [-0.4, -0.2) is 48.1 Å². The van der Waals surface area contributed by atoms with Gasteiger partial charge in [0.2, 0.25) is 11.8 Å². The zero-order valence-electron chi connectivity index (χ0n) is 15.5. The molecule has 1 saturated heterocycles. The van der Waals surface area contributed by atoms with Crippen molar-refractivity contribution in [2.75, 3.05) is 13.2 Å². The number of rotatable bonds is 8. The monoisotopic (exact) mass is 346 g/mol.